The number of urea groups is 1. The van der Waals surface area contributed by atoms with Crippen LogP contribution in [0.2, 0.25) is 0 Å². The molecular weight excluding hydrogens is 339 g/mol. The van der Waals surface area contributed by atoms with E-state index in [0.717, 1.165) is 6.20 Å². The van der Waals surface area contributed by atoms with E-state index in [2.05, 4.69) is 15.5 Å². The summed E-state index contributed by atoms with van der Waals surface area (Å²) in [6, 6.07) is -0.343. The van der Waals surface area contributed by atoms with Gasteiger partial charge in [0.2, 0.25) is 0 Å². The Morgan fingerprint density at radius 2 is 2.28 bits per heavy atom. The molecule has 1 atom stereocenters. The fraction of sp³-hybridized carbons (Fsp3) is 0.533. The lowest BCUT2D eigenvalue weighted by atomic mass is 9.99. The zero-order chi connectivity index (χ0) is 18.2. The maximum absolute atomic E-state index is 12.7. The summed E-state index contributed by atoms with van der Waals surface area (Å²) in [6.45, 7) is 2.58. The van der Waals surface area contributed by atoms with E-state index in [1.54, 1.807) is 14.0 Å². The predicted octanol–water partition coefficient (Wildman–Crippen LogP) is 2.92. The van der Waals surface area contributed by atoms with Crippen LogP contribution < -0.4 is 5.32 Å². The van der Waals surface area contributed by atoms with Gasteiger partial charge in [0.05, 0.1) is 0 Å². The molecule has 0 unspecified atom stereocenters. The molecule has 3 heterocycles. The molecule has 3 rings (SSSR count). The summed E-state index contributed by atoms with van der Waals surface area (Å²) in [5.41, 5.74) is -0.155. The number of halogens is 3. The fourth-order valence-electron chi connectivity index (χ4n) is 2.87. The largest absolute Gasteiger partial charge is 0.434 e. The van der Waals surface area contributed by atoms with Gasteiger partial charge < -0.3 is 14.0 Å². The van der Waals surface area contributed by atoms with E-state index in [9.17, 15) is 18.0 Å². The molecule has 0 spiro atoms. The van der Waals surface area contributed by atoms with Crippen molar-refractivity contribution in [2.45, 2.75) is 32.5 Å². The summed E-state index contributed by atoms with van der Waals surface area (Å²) in [4.78, 5) is 17.3. The van der Waals surface area contributed by atoms with Crippen LogP contribution in [0.3, 0.4) is 0 Å². The number of aryl methyl sites for hydroxylation is 2. The molecule has 25 heavy (non-hydrogen) atoms. The Kier molecular flexibility index (Phi) is 4.44. The van der Waals surface area contributed by atoms with E-state index < -0.39 is 11.9 Å². The van der Waals surface area contributed by atoms with E-state index in [4.69, 9.17) is 4.52 Å². The highest BCUT2D eigenvalue weighted by molar-refractivity contribution is 5.88. The molecule has 7 nitrogen and oxygen atoms in total. The first kappa shape index (κ1) is 17.3. The minimum atomic E-state index is -4.44. The second-order valence-corrected chi connectivity index (χ2v) is 6.25. The molecule has 1 aliphatic heterocycles. The van der Waals surface area contributed by atoms with Gasteiger partial charge in [-0.1, -0.05) is 5.16 Å². The van der Waals surface area contributed by atoms with Gasteiger partial charge in [0.25, 0.3) is 0 Å². The topological polar surface area (TPSA) is 76.2 Å². The zero-order valence-electron chi connectivity index (χ0n) is 13.8. The molecule has 0 radical (unpaired) electrons. The summed E-state index contributed by atoms with van der Waals surface area (Å²) >= 11 is 0. The second-order valence-electron chi connectivity index (χ2n) is 6.25. The number of amides is 2. The summed E-state index contributed by atoms with van der Waals surface area (Å²) in [7, 11) is 1.63. The highest BCUT2D eigenvalue weighted by atomic mass is 19.4. The van der Waals surface area contributed by atoms with Crippen LogP contribution >= 0.6 is 0 Å². The van der Waals surface area contributed by atoms with E-state index in [1.165, 1.54) is 15.7 Å². The van der Waals surface area contributed by atoms with Crippen molar-refractivity contribution in [2.75, 3.05) is 18.9 Å². The van der Waals surface area contributed by atoms with Crippen LogP contribution in [0, 0.1) is 12.8 Å². The number of rotatable bonds is 3. The van der Waals surface area contributed by atoms with Crippen LogP contribution in [0.25, 0.3) is 0 Å². The maximum atomic E-state index is 12.7. The minimum absolute atomic E-state index is 0.0527. The van der Waals surface area contributed by atoms with Crippen LogP contribution in [0.1, 0.15) is 23.5 Å². The summed E-state index contributed by atoms with van der Waals surface area (Å²) in [6.07, 6.45) is -0.838. The molecule has 0 saturated carbocycles. The number of imidazole rings is 1. The van der Waals surface area contributed by atoms with Crippen molar-refractivity contribution < 1.29 is 22.5 Å². The number of hydrogen-bond acceptors (Lipinski definition) is 4. The van der Waals surface area contributed by atoms with E-state index in [1.807, 2.05) is 0 Å². The third-order valence-electron chi connectivity index (χ3n) is 4.23. The van der Waals surface area contributed by atoms with Crippen LogP contribution in [0.5, 0.6) is 0 Å². The van der Waals surface area contributed by atoms with Crippen molar-refractivity contribution in [1.82, 2.24) is 19.6 Å². The molecule has 2 aromatic rings. The summed E-state index contributed by atoms with van der Waals surface area (Å²) in [5.74, 6) is 0.845. The highest BCUT2D eigenvalue weighted by Gasteiger charge is 2.36. The molecule has 0 bridgehead atoms. The number of anilines is 1. The third kappa shape index (κ3) is 3.77. The molecule has 2 amide bonds. The molecule has 0 saturated heterocycles. The Bertz CT molecular complexity index is 768. The van der Waals surface area contributed by atoms with Gasteiger partial charge in [-0.3, -0.25) is 5.32 Å². The smallest absolute Gasteiger partial charge is 0.362 e. The summed E-state index contributed by atoms with van der Waals surface area (Å²) in [5, 5.41) is 6.32. The van der Waals surface area contributed by atoms with Crippen molar-refractivity contribution in [3.8, 4) is 0 Å². The van der Waals surface area contributed by atoms with E-state index >= 15 is 0 Å². The number of nitrogens with one attached hydrogen (secondary N) is 1. The van der Waals surface area contributed by atoms with Gasteiger partial charge in [-0.2, -0.15) is 13.2 Å². The molecular formula is C15H18F3N5O2. The first-order chi connectivity index (χ1) is 11.7. The average molecular weight is 357 g/mol. The molecule has 0 aromatic carbocycles. The molecule has 0 aliphatic carbocycles. The quantitative estimate of drug-likeness (QED) is 0.916. The molecule has 136 valence electrons. The third-order valence-corrected chi connectivity index (χ3v) is 4.23. The number of fused-ring (bicyclic) bond motifs is 1. The first-order valence-corrected chi connectivity index (χ1v) is 7.80. The normalized spacial score (nSPS) is 17.2. The molecule has 1 aliphatic rings. The lowest BCUT2D eigenvalue weighted by Crippen LogP contribution is -2.38. The molecule has 1 N–H and O–H groups in total. The summed E-state index contributed by atoms with van der Waals surface area (Å²) < 4.78 is 44.5. The monoisotopic (exact) mass is 357 g/mol. The average Bonchev–Trinajstić information content (AvgIpc) is 3.13. The standard InChI is InChI=1S/C15H18F3N5O2/c1-9-8-25-21-13(9)20-14(24)22(2)5-10-3-4-12-19-11(15(16,17)18)7-23(12)6-10/h7-8,10H,3-6H2,1-2H3,(H,20,21,24)/t10-/m0/s1. The Morgan fingerprint density at radius 1 is 1.52 bits per heavy atom. The fourth-order valence-corrected chi connectivity index (χ4v) is 2.87. The number of carbonyl (C=O) groups is 1. The number of hydrogen-bond donors (Lipinski definition) is 1. The lowest BCUT2D eigenvalue weighted by Gasteiger charge is -2.28. The first-order valence-electron chi connectivity index (χ1n) is 7.80. The van der Waals surface area contributed by atoms with Crippen molar-refractivity contribution in [1.29, 1.82) is 0 Å². The Labute approximate surface area is 141 Å². The van der Waals surface area contributed by atoms with Gasteiger partial charge in [0, 0.05) is 38.3 Å². The van der Waals surface area contributed by atoms with E-state index in [0.29, 0.717) is 43.1 Å². The molecule has 10 heteroatoms. The van der Waals surface area contributed by atoms with E-state index in [-0.39, 0.29) is 11.9 Å². The van der Waals surface area contributed by atoms with Crippen LogP contribution in [-0.2, 0) is 19.1 Å². The van der Waals surface area contributed by atoms with Crippen molar-refractivity contribution >= 4 is 11.8 Å². The lowest BCUT2D eigenvalue weighted by molar-refractivity contribution is -0.141. The number of aromatic nitrogens is 3. The second kappa shape index (κ2) is 6.41. The highest BCUT2D eigenvalue weighted by Crippen LogP contribution is 2.30. The number of alkyl halides is 3. The Hall–Kier alpha value is -2.52. The van der Waals surface area contributed by atoms with Crippen molar-refractivity contribution in [3.05, 3.63) is 29.5 Å². The predicted molar refractivity (Wildman–Crippen MR) is 81.9 cm³/mol. The van der Waals surface area contributed by atoms with Crippen LogP contribution in [0.15, 0.2) is 17.0 Å². The Balaban J connectivity index is 1.59. The van der Waals surface area contributed by atoms with Crippen molar-refractivity contribution in [2.24, 2.45) is 5.92 Å². The number of carbonyl (C=O) groups excluding carboxylic acids is 1. The van der Waals surface area contributed by atoms with Gasteiger partial charge in [0.1, 0.15) is 12.1 Å². The molecule has 2 aromatic heterocycles. The van der Waals surface area contributed by atoms with Gasteiger partial charge >= 0.3 is 12.2 Å². The van der Waals surface area contributed by atoms with Gasteiger partial charge in [-0.05, 0) is 19.3 Å². The zero-order valence-corrected chi connectivity index (χ0v) is 13.8. The van der Waals surface area contributed by atoms with Crippen molar-refractivity contribution in [3.63, 3.8) is 0 Å². The van der Waals surface area contributed by atoms with Crippen LogP contribution in [0.4, 0.5) is 23.8 Å². The number of nitrogens with zero attached hydrogens (tertiary/aromatic N) is 4. The minimum Gasteiger partial charge on any atom is -0.362 e. The van der Waals surface area contributed by atoms with Gasteiger partial charge in [-0.25, -0.2) is 9.78 Å². The maximum Gasteiger partial charge on any atom is 0.434 e. The Morgan fingerprint density at radius 3 is 2.92 bits per heavy atom. The molecule has 0 fully saturated rings. The van der Waals surface area contributed by atoms with Gasteiger partial charge in [0.15, 0.2) is 11.5 Å². The van der Waals surface area contributed by atoms with Gasteiger partial charge in [-0.15, -0.1) is 0 Å². The van der Waals surface area contributed by atoms with Crippen LogP contribution in [-0.4, -0.2) is 39.2 Å². The SMILES string of the molecule is Cc1conc1NC(=O)N(C)C[C@@H]1CCc2nc(C(F)(F)F)cn2C1.